The van der Waals surface area contributed by atoms with Crippen LogP contribution in [0.1, 0.15) is 46.4 Å². The Kier molecular flexibility index (Phi) is 5.54. The van der Waals surface area contributed by atoms with Crippen LogP contribution >= 0.6 is 0 Å². The van der Waals surface area contributed by atoms with E-state index in [9.17, 15) is 19.5 Å². The highest BCUT2D eigenvalue weighted by Gasteiger charge is 2.28. The van der Waals surface area contributed by atoms with Gasteiger partial charge in [-0.25, -0.2) is 4.79 Å². The average molecular weight is 366 g/mol. The van der Waals surface area contributed by atoms with Crippen molar-refractivity contribution in [3.05, 3.63) is 59.7 Å². The third-order valence-electron chi connectivity index (χ3n) is 4.90. The largest absolute Gasteiger partial charge is 0.478 e. The number of carboxylic acids is 1. The number of primary amides is 1. The Morgan fingerprint density at radius 1 is 1.07 bits per heavy atom. The maximum atomic E-state index is 13.1. The number of carbonyl (C=O) groups excluding carboxylic acids is 2. The van der Waals surface area contributed by atoms with E-state index in [1.54, 1.807) is 53.4 Å². The van der Waals surface area contributed by atoms with Crippen molar-refractivity contribution in [3.63, 3.8) is 0 Å². The summed E-state index contributed by atoms with van der Waals surface area (Å²) in [6, 6.07) is 13.5. The molecule has 2 aromatic rings. The Morgan fingerprint density at radius 2 is 1.85 bits per heavy atom. The van der Waals surface area contributed by atoms with Gasteiger partial charge in [0.15, 0.2) is 0 Å². The first-order valence-electron chi connectivity index (χ1n) is 8.99. The highest BCUT2D eigenvalue weighted by Crippen LogP contribution is 2.27. The van der Waals surface area contributed by atoms with Crippen LogP contribution in [0.25, 0.3) is 11.1 Å². The van der Waals surface area contributed by atoms with Crippen LogP contribution in [-0.2, 0) is 4.79 Å². The van der Waals surface area contributed by atoms with E-state index in [2.05, 4.69) is 0 Å². The van der Waals surface area contributed by atoms with Gasteiger partial charge in [0.1, 0.15) is 0 Å². The van der Waals surface area contributed by atoms with Crippen LogP contribution in [0.4, 0.5) is 0 Å². The van der Waals surface area contributed by atoms with Crippen molar-refractivity contribution in [2.24, 2.45) is 5.73 Å². The van der Waals surface area contributed by atoms with Gasteiger partial charge < -0.3 is 15.7 Å². The lowest BCUT2D eigenvalue weighted by Gasteiger charge is -2.35. The number of hydrogen-bond donors (Lipinski definition) is 2. The number of nitrogens with zero attached hydrogens (tertiary/aromatic N) is 1. The van der Waals surface area contributed by atoms with Crippen LogP contribution < -0.4 is 5.73 Å². The SMILES string of the molecule is NC(=O)C[C@@H]1CCCCN1C(=O)c1cccc(-c2ccccc2C(=O)O)c1. The van der Waals surface area contributed by atoms with Crippen molar-refractivity contribution >= 4 is 17.8 Å². The molecule has 1 atom stereocenters. The number of aromatic carboxylic acids is 1. The normalized spacial score (nSPS) is 16.7. The molecular formula is C21H22N2O4. The molecule has 0 bridgehead atoms. The Bertz CT molecular complexity index is 878. The van der Waals surface area contributed by atoms with Crippen molar-refractivity contribution in [2.75, 3.05) is 6.54 Å². The molecule has 3 rings (SSSR count). The number of carboxylic acid groups (broad SMARTS) is 1. The molecule has 3 N–H and O–H groups in total. The topological polar surface area (TPSA) is 101 Å². The van der Waals surface area contributed by atoms with Gasteiger partial charge in [0.25, 0.3) is 5.91 Å². The molecule has 0 aliphatic carbocycles. The van der Waals surface area contributed by atoms with Gasteiger partial charge in [0.05, 0.1) is 5.56 Å². The molecule has 0 radical (unpaired) electrons. The number of piperidine rings is 1. The monoisotopic (exact) mass is 366 g/mol. The lowest BCUT2D eigenvalue weighted by molar-refractivity contribution is -0.119. The zero-order chi connectivity index (χ0) is 19.4. The number of benzene rings is 2. The lowest BCUT2D eigenvalue weighted by Crippen LogP contribution is -2.45. The second-order valence-corrected chi connectivity index (χ2v) is 6.75. The van der Waals surface area contributed by atoms with Gasteiger partial charge in [0, 0.05) is 24.6 Å². The summed E-state index contributed by atoms with van der Waals surface area (Å²) in [5.41, 5.74) is 7.23. The van der Waals surface area contributed by atoms with E-state index in [4.69, 9.17) is 5.73 Å². The summed E-state index contributed by atoms with van der Waals surface area (Å²) >= 11 is 0. The van der Waals surface area contributed by atoms with Crippen LogP contribution in [0.3, 0.4) is 0 Å². The van der Waals surface area contributed by atoms with Crippen LogP contribution in [0.2, 0.25) is 0 Å². The minimum atomic E-state index is -1.01. The lowest BCUT2D eigenvalue weighted by atomic mass is 9.95. The first-order chi connectivity index (χ1) is 13.0. The highest BCUT2D eigenvalue weighted by atomic mass is 16.4. The van der Waals surface area contributed by atoms with Crippen molar-refractivity contribution in [1.29, 1.82) is 0 Å². The Balaban J connectivity index is 1.92. The summed E-state index contributed by atoms with van der Waals surface area (Å²) < 4.78 is 0. The number of nitrogens with two attached hydrogens (primary N) is 1. The van der Waals surface area contributed by atoms with Gasteiger partial charge in [0.2, 0.25) is 5.91 Å². The average Bonchev–Trinajstić information content (AvgIpc) is 2.67. The van der Waals surface area contributed by atoms with Crippen LogP contribution in [0.15, 0.2) is 48.5 Å². The third kappa shape index (κ3) is 4.16. The molecule has 6 nitrogen and oxygen atoms in total. The van der Waals surface area contributed by atoms with E-state index in [-0.39, 0.29) is 23.9 Å². The van der Waals surface area contributed by atoms with E-state index in [1.165, 1.54) is 0 Å². The number of likely N-dealkylation sites (tertiary alicyclic amines) is 1. The highest BCUT2D eigenvalue weighted by molar-refractivity contribution is 5.99. The molecular weight excluding hydrogens is 344 g/mol. The van der Waals surface area contributed by atoms with Crippen molar-refractivity contribution in [2.45, 2.75) is 31.7 Å². The summed E-state index contributed by atoms with van der Waals surface area (Å²) in [4.78, 5) is 37.6. The molecule has 0 aromatic heterocycles. The van der Waals surface area contributed by atoms with Crippen molar-refractivity contribution < 1.29 is 19.5 Å². The second kappa shape index (κ2) is 8.03. The molecule has 27 heavy (non-hydrogen) atoms. The molecule has 0 spiro atoms. The predicted octanol–water partition coefficient (Wildman–Crippen LogP) is 2.92. The summed E-state index contributed by atoms with van der Waals surface area (Å²) in [6.45, 7) is 0.590. The zero-order valence-corrected chi connectivity index (χ0v) is 14.9. The third-order valence-corrected chi connectivity index (χ3v) is 4.90. The molecule has 140 valence electrons. The Hall–Kier alpha value is -3.15. The van der Waals surface area contributed by atoms with E-state index in [0.29, 0.717) is 23.2 Å². The van der Waals surface area contributed by atoms with E-state index in [0.717, 1.165) is 19.3 Å². The maximum Gasteiger partial charge on any atom is 0.336 e. The Labute approximate surface area is 157 Å². The zero-order valence-electron chi connectivity index (χ0n) is 14.9. The molecule has 0 saturated carbocycles. The Morgan fingerprint density at radius 3 is 2.59 bits per heavy atom. The second-order valence-electron chi connectivity index (χ2n) is 6.75. The smallest absolute Gasteiger partial charge is 0.336 e. The van der Waals surface area contributed by atoms with Crippen LogP contribution in [0, 0.1) is 0 Å². The molecule has 1 aliphatic heterocycles. The molecule has 1 fully saturated rings. The number of rotatable bonds is 5. The van der Waals surface area contributed by atoms with Gasteiger partial charge in [-0.15, -0.1) is 0 Å². The van der Waals surface area contributed by atoms with E-state index in [1.807, 2.05) is 0 Å². The number of amides is 2. The molecule has 1 heterocycles. The van der Waals surface area contributed by atoms with Gasteiger partial charge in [-0.05, 0) is 48.6 Å². The fourth-order valence-electron chi connectivity index (χ4n) is 3.62. The number of carbonyl (C=O) groups is 3. The van der Waals surface area contributed by atoms with E-state index < -0.39 is 11.9 Å². The summed E-state index contributed by atoms with van der Waals surface area (Å²) in [7, 11) is 0. The molecule has 1 aliphatic rings. The fraction of sp³-hybridized carbons (Fsp3) is 0.286. The van der Waals surface area contributed by atoms with Crippen molar-refractivity contribution in [3.8, 4) is 11.1 Å². The van der Waals surface area contributed by atoms with Crippen LogP contribution in [0.5, 0.6) is 0 Å². The first-order valence-corrected chi connectivity index (χ1v) is 8.99. The predicted molar refractivity (Wildman–Crippen MR) is 101 cm³/mol. The minimum Gasteiger partial charge on any atom is -0.478 e. The van der Waals surface area contributed by atoms with E-state index >= 15 is 0 Å². The summed E-state index contributed by atoms with van der Waals surface area (Å²) in [6.07, 6.45) is 2.78. The molecule has 2 aromatic carbocycles. The standard InChI is InChI=1S/C21H22N2O4/c22-19(24)13-16-8-3-4-11-23(16)20(25)15-7-5-6-14(12-15)17-9-1-2-10-18(17)21(26)27/h1-2,5-7,9-10,12,16H,3-4,8,11,13H2,(H2,22,24)(H,26,27)/t16-/m0/s1. The minimum absolute atomic E-state index is 0.157. The summed E-state index contributed by atoms with van der Waals surface area (Å²) in [5.74, 6) is -1.58. The first kappa shape index (κ1) is 18.6. The fourth-order valence-corrected chi connectivity index (χ4v) is 3.62. The quantitative estimate of drug-likeness (QED) is 0.849. The van der Waals surface area contributed by atoms with Gasteiger partial charge in [-0.2, -0.15) is 0 Å². The van der Waals surface area contributed by atoms with Gasteiger partial charge in [-0.3, -0.25) is 9.59 Å². The molecule has 6 heteroatoms. The van der Waals surface area contributed by atoms with Gasteiger partial charge in [-0.1, -0.05) is 30.3 Å². The molecule has 1 saturated heterocycles. The van der Waals surface area contributed by atoms with Crippen LogP contribution in [-0.4, -0.2) is 40.4 Å². The summed E-state index contributed by atoms with van der Waals surface area (Å²) in [5, 5.41) is 9.41. The molecule has 2 amide bonds. The van der Waals surface area contributed by atoms with Crippen molar-refractivity contribution in [1.82, 2.24) is 4.90 Å². The molecule has 0 unspecified atom stereocenters. The van der Waals surface area contributed by atoms with Gasteiger partial charge >= 0.3 is 5.97 Å². The number of hydrogen-bond acceptors (Lipinski definition) is 3. The maximum absolute atomic E-state index is 13.1.